The molecule has 1 saturated heterocycles. The maximum absolute atomic E-state index is 14.4. The summed E-state index contributed by atoms with van der Waals surface area (Å²) in [6.45, 7) is 10.1. The number of amides is 5. The van der Waals surface area contributed by atoms with Crippen molar-refractivity contribution in [3.05, 3.63) is 35.9 Å². The highest BCUT2D eigenvalue weighted by Crippen LogP contribution is 2.36. The lowest BCUT2D eigenvalue weighted by molar-refractivity contribution is -0.144. The summed E-state index contributed by atoms with van der Waals surface area (Å²) in [5, 5.41) is 9.10. The zero-order valence-electron chi connectivity index (χ0n) is 27.7. The van der Waals surface area contributed by atoms with Gasteiger partial charge in [0.25, 0.3) is 5.91 Å². The average molecular weight is 624 g/mol. The summed E-state index contributed by atoms with van der Waals surface area (Å²) in [4.78, 5) is 67.9. The fraction of sp³-hybridized carbons (Fsp3) is 0.686. The van der Waals surface area contributed by atoms with Crippen molar-refractivity contribution in [1.29, 1.82) is 0 Å². The number of primary amides is 1. The molecule has 0 aromatic heterocycles. The van der Waals surface area contributed by atoms with Gasteiger partial charge in [0.1, 0.15) is 12.1 Å². The van der Waals surface area contributed by atoms with Crippen LogP contribution in [0.4, 0.5) is 4.79 Å². The SMILES string of the molecule is CC(C)C1CCN(C(=O)[C@@H](NC(=O)NC2(Cc3ccccc3)CCCCC2)C(C)(C)C)[C@@H]1C(=O)NC(CC1CC1)C(=O)C(N)=O. The predicted octanol–water partition coefficient (Wildman–Crippen LogP) is 3.86. The maximum atomic E-state index is 14.4. The highest BCUT2D eigenvalue weighted by atomic mass is 16.2. The van der Waals surface area contributed by atoms with Gasteiger partial charge in [0, 0.05) is 12.1 Å². The van der Waals surface area contributed by atoms with E-state index in [9.17, 15) is 24.0 Å². The minimum Gasteiger partial charge on any atom is -0.363 e. The lowest BCUT2D eigenvalue weighted by Crippen LogP contribution is -2.63. The van der Waals surface area contributed by atoms with E-state index in [1.54, 1.807) is 4.90 Å². The molecular weight excluding hydrogens is 570 g/mol. The first-order chi connectivity index (χ1) is 21.2. The van der Waals surface area contributed by atoms with Gasteiger partial charge < -0.3 is 26.6 Å². The van der Waals surface area contributed by atoms with Crippen molar-refractivity contribution in [2.24, 2.45) is 28.9 Å². The van der Waals surface area contributed by atoms with Gasteiger partial charge in [-0.3, -0.25) is 19.2 Å². The number of Topliss-reactive ketones (excluding diaryl/α,β-unsaturated/α-hetero) is 1. The minimum atomic E-state index is -1.08. The summed E-state index contributed by atoms with van der Waals surface area (Å²) in [5.41, 5.74) is 5.42. The fourth-order valence-corrected chi connectivity index (χ4v) is 7.23. The molecule has 2 saturated carbocycles. The predicted molar refractivity (Wildman–Crippen MR) is 173 cm³/mol. The molecule has 3 aliphatic rings. The first kappa shape index (κ1) is 34.4. The summed E-state index contributed by atoms with van der Waals surface area (Å²) in [6, 6.07) is 7.01. The molecule has 5 amide bonds. The number of hydrogen-bond acceptors (Lipinski definition) is 5. The molecule has 1 heterocycles. The van der Waals surface area contributed by atoms with E-state index in [1.807, 2.05) is 52.8 Å². The molecule has 0 bridgehead atoms. The van der Waals surface area contributed by atoms with Crippen molar-refractivity contribution in [3.8, 4) is 0 Å². The third-order valence-corrected chi connectivity index (χ3v) is 9.96. The number of likely N-dealkylation sites (tertiary alicyclic amines) is 1. The highest BCUT2D eigenvalue weighted by Gasteiger charge is 2.48. The molecule has 0 spiro atoms. The molecule has 5 N–H and O–H groups in total. The lowest BCUT2D eigenvalue weighted by Gasteiger charge is -2.40. The Morgan fingerprint density at radius 3 is 2.16 bits per heavy atom. The van der Waals surface area contributed by atoms with Gasteiger partial charge in [-0.25, -0.2) is 4.79 Å². The summed E-state index contributed by atoms with van der Waals surface area (Å²) in [5.74, 6) is -2.48. The molecule has 45 heavy (non-hydrogen) atoms. The molecule has 0 radical (unpaired) electrons. The summed E-state index contributed by atoms with van der Waals surface area (Å²) in [7, 11) is 0. The van der Waals surface area contributed by atoms with Crippen molar-refractivity contribution in [3.63, 3.8) is 0 Å². The Bertz CT molecular complexity index is 1230. The third-order valence-electron chi connectivity index (χ3n) is 9.96. The summed E-state index contributed by atoms with van der Waals surface area (Å²) in [6.07, 6.45) is 8.46. The molecule has 4 atom stereocenters. The smallest absolute Gasteiger partial charge is 0.315 e. The van der Waals surface area contributed by atoms with E-state index in [-0.39, 0.29) is 23.7 Å². The molecule has 248 valence electrons. The number of nitrogens with zero attached hydrogens (tertiary/aromatic N) is 1. The summed E-state index contributed by atoms with van der Waals surface area (Å²) >= 11 is 0. The number of ketones is 1. The number of rotatable bonds is 12. The van der Waals surface area contributed by atoms with Crippen LogP contribution in [0.1, 0.15) is 98.0 Å². The van der Waals surface area contributed by atoms with Crippen molar-refractivity contribution >= 4 is 29.5 Å². The molecule has 1 aromatic rings. The lowest BCUT2D eigenvalue weighted by atomic mass is 9.77. The van der Waals surface area contributed by atoms with E-state index >= 15 is 0 Å². The van der Waals surface area contributed by atoms with Crippen molar-refractivity contribution in [2.45, 2.75) is 122 Å². The first-order valence-corrected chi connectivity index (χ1v) is 16.8. The topological polar surface area (TPSA) is 151 Å². The van der Waals surface area contributed by atoms with E-state index in [4.69, 9.17) is 5.73 Å². The zero-order chi connectivity index (χ0) is 32.9. The van der Waals surface area contributed by atoms with Crippen molar-refractivity contribution in [1.82, 2.24) is 20.9 Å². The van der Waals surface area contributed by atoms with Crippen LogP contribution in [0.5, 0.6) is 0 Å². The Labute approximate surface area is 268 Å². The second-order valence-corrected chi connectivity index (χ2v) is 15.0. The maximum Gasteiger partial charge on any atom is 0.315 e. The molecule has 4 rings (SSSR count). The van der Waals surface area contributed by atoms with E-state index in [0.29, 0.717) is 25.8 Å². The van der Waals surface area contributed by atoms with E-state index < -0.39 is 52.7 Å². The summed E-state index contributed by atoms with van der Waals surface area (Å²) < 4.78 is 0. The quantitative estimate of drug-likeness (QED) is 0.261. The van der Waals surface area contributed by atoms with Crippen LogP contribution in [0.25, 0.3) is 0 Å². The Morgan fingerprint density at radius 1 is 0.956 bits per heavy atom. The number of urea groups is 1. The van der Waals surface area contributed by atoms with Crippen LogP contribution in [0.3, 0.4) is 0 Å². The van der Waals surface area contributed by atoms with Gasteiger partial charge in [-0.2, -0.15) is 0 Å². The number of benzene rings is 1. The molecular formula is C35H53N5O5. The number of nitrogens with two attached hydrogens (primary N) is 1. The molecule has 10 heteroatoms. The van der Waals surface area contributed by atoms with Gasteiger partial charge in [-0.05, 0) is 60.8 Å². The monoisotopic (exact) mass is 623 g/mol. The highest BCUT2D eigenvalue weighted by molar-refractivity contribution is 6.37. The Hall–Kier alpha value is -3.43. The van der Waals surface area contributed by atoms with Crippen molar-refractivity contribution < 1.29 is 24.0 Å². The second kappa shape index (κ2) is 14.3. The molecule has 1 aromatic carbocycles. The van der Waals surface area contributed by atoms with Gasteiger partial charge in [0.2, 0.25) is 17.6 Å². The van der Waals surface area contributed by atoms with Crippen LogP contribution in [-0.4, -0.2) is 64.6 Å². The normalized spacial score (nSPS) is 22.8. The molecule has 2 aliphatic carbocycles. The standard InChI is InChI=1S/C35H53N5O5/c1-22(2)25-16-19-40(27(25)31(43)37-26(20-23-14-15-23)28(41)30(36)42)32(44)29(34(3,4)5)38-33(45)39-35(17-10-7-11-18-35)21-24-12-8-6-9-13-24/h6,8-9,12-13,22-23,25-27,29H,7,10-11,14-21H2,1-5H3,(H2,36,42)(H,37,43)(H2,38,39,45)/t25?,26?,27-,29+/m0/s1. The van der Waals surface area contributed by atoms with Crippen LogP contribution in [0.2, 0.25) is 0 Å². The Balaban J connectivity index is 1.53. The van der Waals surface area contributed by atoms with E-state index in [2.05, 4.69) is 28.1 Å². The van der Waals surface area contributed by atoms with Crippen LogP contribution in [0.15, 0.2) is 30.3 Å². The van der Waals surface area contributed by atoms with E-state index in [1.165, 1.54) is 0 Å². The molecule has 1 aliphatic heterocycles. The Morgan fingerprint density at radius 2 is 1.60 bits per heavy atom. The number of carbonyl (C=O) groups excluding carboxylic acids is 5. The Kier molecular flexibility index (Phi) is 11.0. The largest absolute Gasteiger partial charge is 0.363 e. The molecule has 3 fully saturated rings. The number of hydrogen-bond donors (Lipinski definition) is 4. The van der Waals surface area contributed by atoms with Gasteiger partial charge >= 0.3 is 6.03 Å². The average Bonchev–Trinajstić information content (AvgIpc) is 3.68. The van der Waals surface area contributed by atoms with Gasteiger partial charge in [0.05, 0.1) is 6.04 Å². The van der Waals surface area contributed by atoms with Crippen LogP contribution < -0.4 is 21.7 Å². The molecule has 10 nitrogen and oxygen atoms in total. The zero-order valence-corrected chi connectivity index (χ0v) is 27.7. The van der Waals surface area contributed by atoms with Gasteiger partial charge in [-0.1, -0.05) is 97.1 Å². The third kappa shape index (κ3) is 8.85. The van der Waals surface area contributed by atoms with E-state index in [0.717, 1.165) is 50.5 Å². The van der Waals surface area contributed by atoms with Gasteiger partial charge in [-0.15, -0.1) is 0 Å². The fourth-order valence-electron chi connectivity index (χ4n) is 7.23. The molecule has 2 unspecified atom stereocenters. The number of carbonyl (C=O) groups is 5. The number of nitrogens with one attached hydrogen (secondary N) is 3. The van der Waals surface area contributed by atoms with Gasteiger partial charge in [0.15, 0.2) is 0 Å². The van der Waals surface area contributed by atoms with Crippen LogP contribution >= 0.6 is 0 Å². The first-order valence-electron chi connectivity index (χ1n) is 16.8. The second-order valence-electron chi connectivity index (χ2n) is 15.0. The van der Waals surface area contributed by atoms with Crippen LogP contribution in [0, 0.1) is 23.2 Å². The van der Waals surface area contributed by atoms with Crippen LogP contribution in [-0.2, 0) is 25.6 Å². The van der Waals surface area contributed by atoms with Crippen molar-refractivity contribution in [2.75, 3.05) is 6.54 Å². The minimum absolute atomic E-state index is 0.0840.